The van der Waals surface area contributed by atoms with Gasteiger partial charge in [0, 0.05) is 17.0 Å². The Balaban J connectivity index is 1.56. The van der Waals surface area contributed by atoms with E-state index in [2.05, 4.69) is 58.6 Å². The Hall–Kier alpha value is -3.30. The minimum Gasteiger partial charge on any atom is -0.208 e. The molecule has 0 amide bonds. The molecule has 138 valence electrons. The summed E-state index contributed by atoms with van der Waals surface area (Å²) in [4.78, 5) is 13.6. The van der Waals surface area contributed by atoms with Crippen molar-refractivity contribution < 1.29 is 0 Å². The summed E-state index contributed by atoms with van der Waals surface area (Å²) in [5, 5.41) is 0.209. The van der Waals surface area contributed by atoms with Gasteiger partial charge in [-0.15, -0.1) is 0 Å². The summed E-state index contributed by atoms with van der Waals surface area (Å²) in [6.45, 7) is 0. The van der Waals surface area contributed by atoms with Gasteiger partial charge in [0.25, 0.3) is 0 Å². The van der Waals surface area contributed by atoms with Gasteiger partial charge in [-0.05, 0) is 45.9 Å². The maximum Gasteiger partial charge on any atom is 0.226 e. The predicted octanol–water partition coefficient (Wildman–Crippen LogP) is 5.95. The van der Waals surface area contributed by atoms with Crippen LogP contribution in [0, 0.1) is 0 Å². The summed E-state index contributed by atoms with van der Waals surface area (Å²) in [6.07, 6.45) is 14.3. The molecule has 4 heteroatoms. The summed E-state index contributed by atoms with van der Waals surface area (Å²) in [5.41, 5.74) is 8.55. The van der Waals surface area contributed by atoms with Crippen LogP contribution in [0.25, 0.3) is 28.9 Å². The zero-order valence-electron chi connectivity index (χ0n) is 15.5. The van der Waals surface area contributed by atoms with Crippen molar-refractivity contribution in [2.24, 2.45) is 0 Å². The highest BCUT2D eigenvalue weighted by molar-refractivity contribution is 6.28. The smallest absolute Gasteiger partial charge is 0.208 e. The predicted molar refractivity (Wildman–Crippen MR) is 116 cm³/mol. The molecule has 0 bridgehead atoms. The van der Waals surface area contributed by atoms with E-state index in [1.54, 1.807) is 0 Å². The Morgan fingerprint density at radius 2 is 1.69 bits per heavy atom. The fourth-order valence-corrected chi connectivity index (χ4v) is 4.66. The minimum atomic E-state index is 0.209. The third-order valence-electron chi connectivity index (χ3n) is 5.79. The number of allylic oxidation sites excluding steroid dienone is 7. The Kier molecular flexibility index (Phi) is 3.65. The van der Waals surface area contributed by atoms with Crippen LogP contribution in [-0.4, -0.2) is 15.0 Å². The van der Waals surface area contributed by atoms with Crippen molar-refractivity contribution in [2.75, 3.05) is 0 Å². The van der Waals surface area contributed by atoms with Crippen molar-refractivity contribution in [3.8, 4) is 22.8 Å². The lowest BCUT2D eigenvalue weighted by atomic mass is 9.70. The lowest BCUT2D eigenvalue weighted by molar-refractivity contribution is 0.891. The molecule has 0 saturated heterocycles. The van der Waals surface area contributed by atoms with E-state index in [1.165, 1.54) is 27.8 Å². The minimum absolute atomic E-state index is 0.209. The fraction of sp³-hybridized carbons (Fsp3) is 0.0800. The van der Waals surface area contributed by atoms with Crippen LogP contribution in [0.3, 0.4) is 0 Å². The normalized spacial score (nSPS) is 18.2. The van der Waals surface area contributed by atoms with Crippen LogP contribution in [-0.2, 0) is 6.42 Å². The number of hydrogen-bond acceptors (Lipinski definition) is 3. The van der Waals surface area contributed by atoms with Crippen molar-refractivity contribution >= 4 is 17.7 Å². The summed E-state index contributed by atoms with van der Waals surface area (Å²) in [6, 6.07) is 14.2. The van der Waals surface area contributed by atoms with E-state index in [1.807, 2.05) is 30.3 Å². The number of hydrogen-bond donors (Lipinski definition) is 0. The van der Waals surface area contributed by atoms with Crippen LogP contribution < -0.4 is 0 Å². The molecule has 0 spiro atoms. The second kappa shape index (κ2) is 6.36. The lowest BCUT2D eigenvalue weighted by Gasteiger charge is -2.33. The van der Waals surface area contributed by atoms with Crippen molar-refractivity contribution in [2.45, 2.75) is 12.3 Å². The first-order valence-corrected chi connectivity index (χ1v) is 10.1. The molecule has 29 heavy (non-hydrogen) atoms. The van der Waals surface area contributed by atoms with E-state index in [9.17, 15) is 0 Å². The largest absolute Gasteiger partial charge is 0.226 e. The van der Waals surface area contributed by atoms with Crippen molar-refractivity contribution in [3.63, 3.8) is 0 Å². The highest BCUT2D eigenvalue weighted by atomic mass is 35.5. The molecule has 1 heterocycles. The van der Waals surface area contributed by atoms with Gasteiger partial charge in [0.15, 0.2) is 11.6 Å². The van der Waals surface area contributed by atoms with Crippen LogP contribution in [0.4, 0.5) is 0 Å². The Morgan fingerprint density at radius 1 is 0.828 bits per heavy atom. The molecule has 1 unspecified atom stereocenters. The number of benzene rings is 2. The first-order valence-electron chi connectivity index (χ1n) is 9.67. The van der Waals surface area contributed by atoms with Crippen LogP contribution >= 0.6 is 11.6 Å². The fourth-order valence-electron chi connectivity index (χ4n) is 4.50. The summed E-state index contributed by atoms with van der Waals surface area (Å²) >= 11 is 6.30. The molecular weight excluding hydrogens is 378 g/mol. The van der Waals surface area contributed by atoms with Crippen LogP contribution in [0.15, 0.2) is 84.0 Å². The zero-order chi connectivity index (χ0) is 19.4. The van der Waals surface area contributed by atoms with Gasteiger partial charge in [0.05, 0.1) is 0 Å². The molecule has 0 saturated carbocycles. The number of rotatable bonds is 2. The van der Waals surface area contributed by atoms with Crippen LogP contribution in [0.2, 0.25) is 5.28 Å². The molecular formula is C25H16ClN3. The van der Waals surface area contributed by atoms with Gasteiger partial charge in [-0.2, -0.15) is 9.97 Å². The van der Waals surface area contributed by atoms with E-state index in [4.69, 9.17) is 16.6 Å². The molecule has 0 N–H and O–H groups in total. The maximum absolute atomic E-state index is 6.30. The monoisotopic (exact) mass is 393 g/mol. The molecule has 3 aromatic rings. The van der Waals surface area contributed by atoms with E-state index in [-0.39, 0.29) is 5.28 Å². The summed E-state index contributed by atoms with van der Waals surface area (Å²) < 4.78 is 0. The second-order valence-electron chi connectivity index (χ2n) is 7.42. The molecule has 2 aromatic carbocycles. The average Bonchev–Trinajstić information content (AvgIpc) is 2.77. The highest BCUT2D eigenvalue weighted by Gasteiger charge is 2.31. The molecule has 3 aliphatic carbocycles. The lowest BCUT2D eigenvalue weighted by Crippen LogP contribution is -2.18. The summed E-state index contributed by atoms with van der Waals surface area (Å²) in [5.74, 6) is 1.50. The summed E-state index contributed by atoms with van der Waals surface area (Å²) in [7, 11) is 0. The average molecular weight is 394 g/mol. The van der Waals surface area contributed by atoms with Gasteiger partial charge in [-0.25, -0.2) is 4.98 Å². The quantitative estimate of drug-likeness (QED) is 0.540. The molecule has 1 aromatic heterocycles. The number of nitrogens with zero attached hydrogens (tertiary/aromatic N) is 3. The molecule has 3 nitrogen and oxygen atoms in total. The molecule has 6 rings (SSSR count). The van der Waals surface area contributed by atoms with Gasteiger partial charge in [-0.3, -0.25) is 0 Å². The topological polar surface area (TPSA) is 38.7 Å². The Labute approximate surface area is 173 Å². The Bertz CT molecular complexity index is 1280. The van der Waals surface area contributed by atoms with E-state index in [0.717, 1.165) is 17.5 Å². The van der Waals surface area contributed by atoms with Gasteiger partial charge in [-0.1, -0.05) is 78.9 Å². The molecule has 0 fully saturated rings. The molecule has 3 aliphatic rings. The first kappa shape index (κ1) is 16.6. The molecule has 0 radical (unpaired) electrons. The van der Waals surface area contributed by atoms with Gasteiger partial charge < -0.3 is 0 Å². The number of aromatic nitrogens is 3. The third kappa shape index (κ3) is 2.62. The third-order valence-corrected chi connectivity index (χ3v) is 5.96. The van der Waals surface area contributed by atoms with E-state index < -0.39 is 0 Å². The highest BCUT2D eigenvalue weighted by Crippen LogP contribution is 2.47. The molecule has 1 atom stereocenters. The van der Waals surface area contributed by atoms with Gasteiger partial charge in [0.1, 0.15) is 0 Å². The first-order chi connectivity index (χ1) is 14.3. The maximum atomic E-state index is 6.30. The number of halogens is 1. The van der Waals surface area contributed by atoms with E-state index in [0.29, 0.717) is 17.6 Å². The van der Waals surface area contributed by atoms with Crippen molar-refractivity contribution in [1.82, 2.24) is 15.0 Å². The standard InChI is InChI=1S/C25H16ClN3/c26-25-28-23(18-5-2-1-3-6-18)27-24(29-25)20-14-12-17-10-9-15-7-4-8-16-11-13-19(20)22(17)21(15)16/h1-9,11-14,21H,10H2. The zero-order valence-corrected chi connectivity index (χ0v) is 16.3. The van der Waals surface area contributed by atoms with Gasteiger partial charge in [0.2, 0.25) is 5.28 Å². The Morgan fingerprint density at radius 3 is 2.59 bits per heavy atom. The SMILES string of the molecule is Clc1nc(-c2ccccc2)nc(-c2ccc3c4c2C=CC2=CC=CC(=CC3)C24)n1. The second-order valence-corrected chi connectivity index (χ2v) is 7.76. The van der Waals surface area contributed by atoms with Crippen molar-refractivity contribution in [3.05, 3.63) is 106 Å². The van der Waals surface area contributed by atoms with Crippen LogP contribution in [0.5, 0.6) is 0 Å². The van der Waals surface area contributed by atoms with E-state index >= 15 is 0 Å². The van der Waals surface area contributed by atoms with Gasteiger partial charge >= 0.3 is 0 Å². The van der Waals surface area contributed by atoms with Crippen LogP contribution in [0.1, 0.15) is 22.6 Å². The van der Waals surface area contributed by atoms with Crippen molar-refractivity contribution in [1.29, 1.82) is 0 Å². The molecule has 0 aliphatic heterocycles.